The number of benzene rings is 1. The quantitative estimate of drug-likeness (QED) is 0.783. The molecule has 3 aliphatic rings. The monoisotopic (exact) mass is 354 g/mol. The van der Waals surface area contributed by atoms with Gasteiger partial charge in [-0.2, -0.15) is 0 Å². The van der Waals surface area contributed by atoms with E-state index >= 15 is 0 Å². The fraction of sp³-hybridized carbons (Fsp3) is 0.652. The van der Waals surface area contributed by atoms with Crippen LogP contribution in [0.25, 0.3) is 0 Å². The molecule has 0 aromatic heterocycles. The van der Waals surface area contributed by atoms with Crippen LogP contribution in [0.3, 0.4) is 0 Å². The third-order valence-corrected chi connectivity index (χ3v) is 6.43. The number of fused-ring (bicyclic) bond motifs is 3. The number of para-hydroxylation sites is 1. The van der Waals surface area contributed by atoms with E-state index in [-0.39, 0.29) is 17.3 Å². The normalized spacial score (nSPS) is 33.2. The second-order valence-electron chi connectivity index (χ2n) is 8.95. The maximum Gasteiger partial charge on any atom is 0.139 e. The van der Waals surface area contributed by atoms with Gasteiger partial charge in [-0.25, -0.2) is 0 Å². The molecule has 0 aliphatic carbocycles. The maximum absolute atomic E-state index is 6.67. The summed E-state index contributed by atoms with van der Waals surface area (Å²) in [5.41, 5.74) is 0.633. The minimum Gasteiger partial charge on any atom is -0.487 e. The summed E-state index contributed by atoms with van der Waals surface area (Å²) in [5.74, 6) is 8.31. The van der Waals surface area contributed by atoms with Crippen molar-refractivity contribution >= 4 is 0 Å². The summed E-state index contributed by atoms with van der Waals surface area (Å²) in [7, 11) is 0. The molecule has 0 saturated carbocycles. The summed E-state index contributed by atoms with van der Waals surface area (Å²) in [5, 5.41) is 0. The van der Waals surface area contributed by atoms with Gasteiger partial charge in [0.2, 0.25) is 0 Å². The number of likely N-dealkylation sites (tertiary alicyclic amines) is 1. The van der Waals surface area contributed by atoms with Gasteiger partial charge in [0.05, 0.1) is 19.2 Å². The molecule has 0 amide bonds. The van der Waals surface area contributed by atoms with Crippen molar-refractivity contribution in [1.82, 2.24) is 0 Å². The molecule has 0 unspecified atom stereocenters. The molecule has 0 bridgehead atoms. The zero-order chi connectivity index (χ0) is 18.2. The largest absolute Gasteiger partial charge is 0.487 e. The minimum atomic E-state index is -0.350. The lowest BCUT2D eigenvalue weighted by Gasteiger charge is -2.50. The van der Waals surface area contributed by atoms with E-state index in [1.54, 1.807) is 4.90 Å². The summed E-state index contributed by atoms with van der Waals surface area (Å²) in [6.07, 6.45) is 6.23. The number of ether oxygens (including phenoxy) is 2. The Hall–Kier alpha value is -1.50. The highest BCUT2D eigenvalue weighted by molar-refractivity contribution is 5.39. The number of piperidine rings is 1. The Labute approximate surface area is 158 Å². The van der Waals surface area contributed by atoms with Crippen LogP contribution < -0.4 is 9.64 Å². The van der Waals surface area contributed by atoms with Crippen LogP contribution in [0.4, 0.5) is 0 Å². The van der Waals surface area contributed by atoms with Crippen LogP contribution in [0.15, 0.2) is 24.3 Å². The van der Waals surface area contributed by atoms with Gasteiger partial charge in [0.15, 0.2) is 0 Å². The van der Waals surface area contributed by atoms with Crippen LogP contribution in [0, 0.1) is 17.8 Å². The second-order valence-corrected chi connectivity index (χ2v) is 8.95. The number of hydrogen-bond acceptors (Lipinski definition) is 2. The van der Waals surface area contributed by atoms with E-state index in [0.29, 0.717) is 5.92 Å². The Bertz CT molecular complexity index is 710. The average molecular weight is 355 g/mol. The van der Waals surface area contributed by atoms with Crippen LogP contribution in [0.5, 0.6) is 5.75 Å². The molecule has 1 N–H and O–H groups in total. The summed E-state index contributed by atoms with van der Waals surface area (Å²) in [4.78, 5) is 1.64. The average Bonchev–Trinajstić information content (AvgIpc) is 2.62. The zero-order valence-electron chi connectivity index (χ0n) is 16.4. The topological polar surface area (TPSA) is 22.9 Å². The Morgan fingerprint density at radius 3 is 2.69 bits per heavy atom. The summed E-state index contributed by atoms with van der Waals surface area (Å²) in [6.45, 7) is 10.1. The molecule has 2 fully saturated rings. The van der Waals surface area contributed by atoms with Crippen molar-refractivity contribution in [3.63, 3.8) is 0 Å². The third-order valence-electron chi connectivity index (χ3n) is 6.43. The predicted octanol–water partition coefficient (Wildman–Crippen LogP) is 3.16. The third kappa shape index (κ3) is 3.50. The van der Waals surface area contributed by atoms with E-state index in [1.807, 2.05) is 6.07 Å². The molecule has 3 nitrogen and oxygen atoms in total. The van der Waals surface area contributed by atoms with Crippen molar-refractivity contribution in [3.05, 3.63) is 29.8 Å². The van der Waals surface area contributed by atoms with Gasteiger partial charge in [0, 0.05) is 11.5 Å². The molecule has 2 saturated heterocycles. The van der Waals surface area contributed by atoms with Gasteiger partial charge in [0.25, 0.3) is 0 Å². The van der Waals surface area contributed by atoms with Crippen molar-refractivity contribution in [2.24, 2.45) is 5.92 Å². The highest BCUT2D eigenvalue weighted by Gasteiger charge is 2.49. The smallest absolute Gasteiger partial charge is 0.139 e. The first-order chi connectivity index (χ1) is 12.5. The molecule has 3 atom stereocenters. The van der Waals surface area contributed by atoms with E-state index < -0.39 is 0 Å². The fourth-order valence-electron chi connectivity index (χ4n) is 4.84. The molecule has 3 heterocycles. The number of hydrogen-bond donors (Lipinski definition) is 1. The van der Waals surface area contributed by atoms with Gasteiger partial charge in [-0.3, -0.25) is 0 Å². The van der Waals surface area contributed by atoms with E-state index in [2.05, 4.69) is 50.8 Å². The van der Waals surface area contributed by atoms with Crippen molar-refractivity contribution in [1.29, 1.82) is 0 Å². The first-order valence-corrected chi connectivity index (χ1v) is 10.3. The van der Waals surface area contributed by atoms with Crippen molar-refractivity contribution in [2.45, 2.75) is 70.2 Å². The molecule has 4 rings (SSSR count). The van der Waals surface area contributed by atoms with E-state index in [0.717, 1.165) is 25.1 Å². The highest BCUT2D eigenvalue weighted by Crippen LogP contribution is 2.52. The molecule has 0 radical (unpaired) electrons. The van der Waals surface area contributed by atoms with E-state index in [1.165, 1.54) is 37.9 Å². The molecular weight excluding hydrogens is 322 g/mol. The van der Waals surface area contributed by atoms with Gasteiger partial charge in [-0.15, -0.1) is 0 Å². The van der Waals surface area contributed by atoms with Crippen LogP contribution in [0.1, 0.15) is 64.5 Å². The molecule has 1 aromatic rings. The summed E-state index contributed by atoms with van der Waals surface area (Å²) < 4.78 is 13.0. The lowest BCUT2D eigenvalue weighted by molar-refractivity contribution is -0.897. The van der Waals surface area contributed by atoms with Crippen molar-refractivity contribution in [2.75, 3.05) is 19.6 Å². The summed E-state index contributed by atoms with van der Waals surface area (Å²) in [6, 6.07) is 8.34. The van der Waals surface area contributed by atoms with Crippen LogP contribution in [-0.2, 0) is 4.74 Å². The minimum absolute atomic E-state index is 0.0744. The Balaban J connectivity index is 1.52. The summed E-state index contributed by atoms with van der Waals surface area (Å²) >= 11 is 0. The van der Waals surface area contributed by atoms with Crippen LogP contribution >= 0.6 is 0 Å². The van der Waals surface area contributed by atoms with Gasteiger partial charge >= 0.3 is 0 Å². The molecule has 26 heavy (non-hydrogen) atoms. The molecule has 3 aliphatic heterocycles. The Kier molecular flexibility index (Phi) is 4.75. The molecular formula is C23H32NO2+. The van der Waals surface area contributed by atoms with Crippen LogP contribution in [0.2, 0.25) is 0 Å². The van der Waals surface area contributed by atoms with Crippen LogP contribution in [-0.4, -0.2) is 30.8 Å². The SMILES string of the molecule is CC1(C)Oc2ccccc2[C@H]2O[C@](C)(C#CC[NH+]3CCCCC3)CC[C@H]21. The van der Waals surface area contributed by atoms with E-state index in [9.17, 15) is 0 Å². The number of quaternary nitrogens is 1. The Morgan fingerprint density at radius 2 is 1.88 bits per heavy atom. The standard InChI is InChI=1S/C23H31NO2/c1-22(2)19-12-14-23(3,13-9-17-24-15-7-4-8-16-24)26-21(19)18-10-5-6-11-20(18)25-22/h5-6,10-11,19,21H,4,7-8,12,14-17H2,1-3H3/p+1/t19-,21-,23-/m1/s1. The maximum atomic E-state index is 6.67. The first-order valence-electron chi connectivity index (χ1n) is 10.3. The highest BCUT2D eigenvalue weighted by atomic mass is 16.5. The molecule has 3 heteroatoms. The molecule has 1 aromatic carbocycles. The van der Waals surface area contributed by atoms with Crippen molar-refractivity contribution in [3.8, 4) is 17.6 Å². The zero-order valence-corrected chi connectivity index (χ0v) is 16.4. The first kappa shape index (κ1) is 17.9. The number of nitrogens with one attached hydrogen (secondary N) is 1. The molecule has 140 valence electrons. The second kappa shape index (κ2) is 6.91. The lowest BCUT2D eigenvalue weighted by atomic mass is 9.73. The van der Waals surface area contributed by atoms with Gasteiger partial charge in [-0.05, 0) is 64.9 Å². The Morgan fingerprint density at radius 1 is 1.12 bits per heavy atom. The molecule has 0 spiro atoms. The fourth-order valence-corrected chi connectivity index (χ4v) is 4.84. The van der Waals surface area contributed by atoms with Crippen molar-refractivity contribution < 1.29 is 14.4 Å². The van der Waals surface area contributed by atoms with Gasteiger partial charge in [-0.1, -0.05) is 24.1 Å². The lowest BCUT2D eigenvalue weighted by Crippen LogP contribution is -3.12. The van der Waals surface area contributed by atoms with Gasteiger partial charge < -0.3 is 14.4 Å². The number of rotatable bonds is 1. The van der Waals surface area contributed by atoms with Gasteiger partial charge in [0.1, 0.15) is 23.5 Å². The van der Waals surface area contributed by atoms with E-state index in [4.69, 9.17) is 9.47 Å². The predicted molar refractivity (Wildman–Crippen MR) is 103 cm³/mol.